The van der Waals surface area contributed by atoms with Crippen molar-refractivity contribution in [2.75, 3.05) is 19.0 Å². The molecule has 1 heterocycles. The standard InChI is InChI=1S/C33H54O7S/c1-20(35)24-10-11-25-23-9-8-21-18-22(12-14-32(21,2)26(23)13-15-33(24,25)3)39-16-6-4-5-7-17-41-31-30(38)29(37)28(36)27(19-34)40-31/h8,22-31,34,36-38H,4-7,9-19H2,1-3H3. The van der Waals surface area contributed by atoms with Gasteiger partial charge in [-0.2, -0.15) is 0 Å². The van der Waals surface area contributed by atoms with Crippen LogP contribution in [0.1, 0.15) is 97.8 Å². The molecule has 5 aliphatic rings. The molecule has 5 rings (SSSR count). The molecule has 234 valence electrons. The van der Waals surface area contributed by atoms with E-state index in [2.05, 4.69) is 19.9 Å². The predicted octanol–water partition coefficient (Wildman–Crippen LogP) is 4.63. The highest BCUT2D eigenvalue weighted by Gasteiger charge is 2.59. The van der Waals surface area contributed by atoms with Crippen LogP contribution < -0.4 is 0 Å². The summed E-state index contributed by atoms with van der Waals surface area (Å²) in [6.45, 7) is 7.20. The first-order valence-electron chi connectivity index (χ1n) is 16.3. The van der Waals surface area contributed by atoms with Crippen LogP contribution in [0.3, 0.4) is 0 Å². The number of aliphatic hydroxyl groups is 4. The molecule has 12 unspecified atom stereocenters. The first-order valence-corrected chi connectivity index (χ1v) is 17.4. The van der Waals surface area contributed by atoms with Crippen LogP contribution >= 0.6 is 11.8 Å². The van der Waals surface area contributed by atoms with Gasteiger partial charge in [-0.05, 0) is 105 Å². The van der Waals surface area contributed by atoms with Gasteiger partial charge in [0.15, 0.2) is 0 Å². The summed E-state index contributed by atoms with van der Waals surface area (Å²) in [4.78, 5) is 12.4. The summed E-state index contributed by atoms with van der Waals surface area (Å²) >= 11 is 1.43. The quantitative estimate of drug-likeness (QED) is 0.202. The molecule has 1 aliphatic heterocycles. The SMILES string of the molecule is CC(=O)C1CCC2C3CC=C4CC(OCCCCCCSC5OC(CO)C(O)C(O)C5O)CCC4(C)C3CCC12C. The number of ether oxygens (including phenoxy) is 2. The Balaban J connectivity index is 1.01. The van der Waals surface area contributed by atoms with E-state index in [1.807, 2.05) is 6.92 Å². The summed E-state index contributed by atoms with van der Waals surface area (Å²) in [6.07, 6.45) is 11.9. The minimum absolute atomic E-state index is 0.216. The Hall–Kier alpha value is -0.480. The zero-order chi connectivity index (χ0) is 29.4. The Bertz CT molecular complexity index is 941. The summed E-state index contributed by atoms with van der Waals surface area (Å²) in [5.41, 5.74) is 1.53. The minimum Gasteiger partial charge on any atom is -0.394 e. The number of fused-ring (bicyclic) bond motifs is 5. The third-order valence-corrected chi connectivity index (χ3v) is 13.3. The van der Waals surface area contributed by atoms with Crippen molar-refractivity contribution in [1.82, 2.24) is 0 Å². The molecule has 0 amide bonds. The van der Waals surface area contributed by atoms with Crippen molar-refractivity contribution < 1.29 is 34.7 Å². The molecule has 12 atom stereocenters. The Morgan fingerprint density at radius 2 is 1.78 bits per heavy atom. The first-order chi connectivity index (χ1) is 19.6. The van der Waals surface area contributed by atoms with Crippen LogP contribution in [0.2, 0.25) is 0 Å². The number of hydrogen-bond donors (Lipinski definition) is 4. The van der Waals surface area contributed by atoms with Crippen LogP contribution in [0, 0.1) is 34.5 Å². The van der Waals surface area contributed by atoms with E-state index in [1.165, 1.54) is 43.9 Å². The van der Waals surface area contributed by atoms with E-state index in [-0.39, 0.29) is 17.9 Å². The van der Waals surface area contributed by atoms with Crippen molar-refractivity contribution in [2.45, 2.75) is 134 Å². The van der Waals surface area contributed by atoms with Gasteiger partial charge in [0.1, 0.15) is 35.6 Å². The Morgan fingerprint density at radius 1 is 1.00 bits per heavy atom. The van der Waals surface area contributed by atoms with Gasteiger partial charge in [-0.1, -0.05) is 38.3 Å². The molecule has 4 aliphatic carbocycles. The second-order valence-electron chi connectivity index (χ2n) is 14.3. The average Bonchev–Trinajstić information content (AvgIpc) is 3.32. The fraction of sp³-hybridized carbons (Fsp3) is 0.909. The third kappa shape index (κ3) is 6.23. The topological polar surface area (TPSA) is 116 Å². The van der Waals surface area contributed by atoms with E-state index in [0.717, 1.165) is 69.1 Å². The number of allylic oxidation sites excluding steroid dienone is 1. The zero-order valence-corrected chi connectivity index (χ0v) is 26.2. The molecular weight excluding hydrogens is 540 g/mol. The maximum Gasteiger partial charge on any atom is 0.133 e. The molecule has 8 heteroatoms. The Morgan fingerprint density at radius 3 is 2.54 bits per heavy atom. The molecular formula is C33H54O7S. The molecule has 0 radical (unpaired) electrons. The predicted molar refractivity (Wildman–Crippen MR) is 160 cm³/mol. The normalized spacial score (nSPS) is 45.9. The molecule has 0 aromatic rings. The number of hydrogen-bond acceptors (Lipinski definition) is 8. The van der Waals surface area contributed by atoms with Gasteiger partial charge in [0, 0.05) is 12.5 Å². The molecule has 4 N–H and O–H groups in total. The Labute approximate surface area is 250 Å². The van der Waals surface area contributed by atoms with Gasteiger partial charge in [-0.15, -0.1) is 11.8 Å². The fourth-order valence-electron chi connectivity index (χ4n) is 9.65. The number of unbranched alkanes of at least 4 members (excludes halogenated alkanes) is 3. The zero-order valence-electron chi connectivity index (χ0n) is 25.4. The van der Waals surface area contributed by atoms with Gasteiger partial charge < -0.3 is 29.9 Å². The highest BCUT2D eigenvalue weighted by molar-refractivity contribution is 7.99. The largest absolute Gasteiger partial charge is 0.394 e. The molecule has 3 saturated carbocycles. The smallest absolute Gasteiger partial charge is 0.133 e. The van der Waals surface area contributed by atoms with E-state index in [9.17, 15) is 25.2 Å². The van der Waals surface area contributed by atoms with Gasteiger partial charge >= 0.3 is 0 Å². The molecule has 0 aromatic heterocycles. The number of rotatable bonds is 11. The number of carbonyl (C=O) groups excluding carboxylic acids is 1. The minimum atomic E-state index is -1.30. The van der Waals surface area contributed by atoms with Crippen LogP contribution in [-0.4, -0.2) is 81.1 Å². The number of ketones is 1. The van der Waals surface area contributed by atoms with Crippen LogP contribution in [0.15, 0.2) is 11.6 Å². The molecule has 41 heavy (non-hydrogen) atoms. The van der Waals surface area contributed by atoms with Crippen molar-refractivity contribution in [2.24, 2.45) is 34.5 Å². The van der Waals surface area contributed by atoms with Gasteiger partial charge in [-0.3, -0.25) is 4.79 Å². The maximum absolute atomic E-state index is 12.4. The lowest BCUT2D eigenvalue weighted by atomic mass is 9.47. The lowest BCUT2D eigenvalue weighted by molar-refractivity contribution is -0.205. The average molecular weight is 595 g/mol. The van der Waals surface area contributed by atoms with Gasteiger partial charge in [0.2, 0.25) is 0 Å². The van der Waals surface area contributed by atoms with Crippen molar-refractivity contribution in [3.8, 4) is 0 Å². The van der Waals surface area contributed by atoms with Crippen LogP contribution in [-0.2, 0) is 14.3 Å². The Kier molecular flexibility index (Phi) is 10.3. The second-order valence-corrected chi connectivity index (χ2v) is 15.5. The molecule has 4 fully saturated rings. The fourth-order valence-corrected chi connectivity index (χ4v) is 10.8. The summed E-state index contributed by atoms with van der Waals surface area (Å²) in [7, 11) is 0. The highest BCUT2D eigenvalue weighted by Crippen LogP contribution is 2.66. The van der Waals surface area contributed by atoms with E-state index in [0.29, 0.717) is 23.2 Å². The van der Waals surface area contributed by atoms with E-state index >= 15 is 0 Å². The van der Waals surface area contributed by atoms with Crippen molar-refractivity contribution in [3.05, 3.63) is 11.6 Å². The molecule has 0 spiro atoms. The van der Waals surface area contributed by atoms with E-state index in [4.69, 9.17) is 9.47 Å². The van der Waals surface area contributed by atoms with Crippen LogP contribution in [0.4, 0.5) is 0 Å². The monoisotopic (exact) mass is 594 g/mol. The summed E-state index contributed by atoms with van der Waals surface area (Å²) in [5, 5.41) is 39.4. The highest BCUT2D eigenvalue weighted by atomic mass is 32.2. The summed E-state index contributed by atoms with van der Waals surface area (Å²) in [6, 6.07) is 0. The lowest BCUT2D eigenvalue weighted by Gasteiger charge is -2.58. The van der Waals surface area contributed by atoms with Crippen LogP contribution in [0.25, 0.3) is 0 Å². The van der Waals surface area contributed by atoms with Gasteiger partial charge in [-0.25, -0.2) is 0 Å². The summed E-state index contributed by atoms with van der Waals surface area (Å²) < 4.78 is 12.0. The van der Waals surface area contributed by atoms with Crippen molar-refractivity contribution in [1.29, 1.82) is 0 Å². The number of thioether (sulfide) groups is 1. The molecule has 7 nitrogen and oxygen atoms in total. The molecule has 0 bridgehead atoms. The third-order valence-electron chi connectivity index (χ3n) is 12.1. The second kappa shape index (κ2) is 13.3. The summed E-state index contributed by atoms with van der Waals surface area (Å²) in [5.74, 6) is 3.68. The number of aliphatic hydroxyl groups excluding tert-OH is 4. The van der Waals surface area contributed by atoms with E-state index < -0.39 is 29.9 Å². The molecule has 0 aromatic carbocycles. The van der Waals surface area contributed by atoms with Crippen molar-refractivity contribution >= 4 is 17.5 Å². The first kappa shape index (κ1) is 31.9. The van der Waals surface area contributed by atoms with E-state index in [1.54, 1.807) is 5.57 Å². The number of carbonyl (C=O) groups is 1. The van der Waals surface area contributed by atoms with Gasteiger partial charge in [0.05, 0.1) is 12.7 Å². The maximum atomic E-state index is 12.4. The van der Waals surface area contributed by atoms with Gasteiger partial charge in [0.25, 0.3) is 0 Å². The van der Waals surface area contributed by atoms with Crippen molar-refractivity contribution in [3.63, 3.8) is 0 Å². The lowest BCUT2D eigenvalue weighted by Crippen LogP contribution is -2.57. The van der Waals surface area contributed by atoms with Crippen LogP contribution in [0.5, 0.6) is 0 Å². The molecule has 1 saturated heterocycles. The number of Topliss-reactive ketones (excluding diaryl/α,β-unsaturated/α-hetero) is 1.